The summed E-state index contributed by atoms with van der Waals surface area (Å²) in [6.07, 6.45) is 6.75. The Bertz CT molecular complexity index is 536. The van der Waals surface area contributed by atoms with Gasteiger partial charge in [0.05, 0.1) is 6.07 Å². The van der Waals surface area contributed by atoms with E-state index in [1.54, 1.807) is 0 Å². The topological polar surface area (TPSA) is 45.0 Å². The van der Waals surface area contributed by atoms with Gasteiger partial charge in [-0.1, -0.05) is 18.6 Å². The monoisotopic (exact) mass is 330 g/mol. The Labute approximate surface area is 143 Å². The lowest BCUT2D eigenvalue weighted by Gasteiger charge is -2.27. The van der Waals surface area contributed by atoms with Crippen molar-refractivity contribution in [3.63, 3.8) is 0 Å². The van der Waals surface area contributed by atoms with Crippen molar-refractivity contribution in [2.45, 2.75) is 55.6 Å². The molecule has 0 bridgehead atoms. The number of nitriles is 1. The molecular weight excluding hydrogens is 304 g/mol. The molecule has 0 spiro atoms. The molecule has 2 atom stereocenters. The summed E-state index contributed by atoms with van der Waals surface area (Å²) in [5.74, 6) is 1.31. The van der Waals surface area contributed by atoms with E-state index in [9.17, 15) is 0 Å². The number of hydrogen-bond donors (Lipinski definition) is 1. The largest absolute Gasteiger partial charge is 0.382 e. The number of hydrogen-bond acceptors (Lipinski definition) is 4. The number of anilines is 1. The molecule has 0 aromatic heterocycles. The summed E-state index contributed by atoms with van der Waals surface area (Å²) in [5.41, 5.74) is 2.60. The third-order valence-electron chi connectivity index (χ3n) is 4.81. The third kappa shape index (κ3) is 5.16. The molecule has 0 unspecified atom stereocenters. The van der Waals surface area contributed by atoms with Gasteiger partial charge >= 0.3 is 0 Å². The lowest BCUT2D eigenvalue weighted by atomic mass is 9.86. The smallest absolute Gasteiger partial charge is 0.0656 e. The standard InChI is InChI=1S/C19H26N2OS/c20-13-15-3-1-5-17(11-15)21-18-6-2-4-16(12-18)14-23-19-7-9-22-10-8-19/h2,4,6,12,15,17,19,21H,1,3,5,7-11,14H2/t15-,17+/m1/s1. The van der Waals surface area contributed by atoms with Crippen molar-refractivity contribution in [1.29, 1.82) is 5.26 Å². The van der Waals surface area contributed by atoms with Crippen LogP contribution in [0.3, 0.4) is 0 Å². The lowest BCUT2D eigenvalue weighted by molar-refractivity contribution is 0.1000. The fourth-order valence-electron chi connectivity index (χ4n) is 3.48. The average molecular weight is 330 g/mol. The Balaban J connectivity index is 1.51. The number of nitrogens with zero attached hydrogens (tertiary/aromatic N) is 1. The van der Waals surface area contributed by atoms with Gasteiger partial charge in [-0.2, -0.15) is 17.0 Å². The van der Waals surface area contributed by atoms with Crippen LogP contribution in [0.25, 0.3) is 0 Å². The van der Waals surface area contributed by atoms with E-state index in [1.165, 1.54) is 30.5 Å². The minimum Gasteiger partial charge on any atom is -0.382 e. The molecule has 0 radical (unpaired) electrons. The summed E-state index contributed by atoms with van der Waals surface area (Å²) in [6.45, 7) is 1.84. The molecule has 124 valence electrons. The Morgan fingerprint density at radius 1 is 1.22 bits per heavy atom. The summed E-state index contributed by atoms with van der Waals surface area (Å²) in [6, 6.07) is 11.7. The van der Waals surface area contributed by atoms with Gasteiger partial charge in [0.25, 0.3) is 0 Å². The molecule has 1 aliphatic heterocycles. The highest BCUT2D eigenvalue weighted by Gasteiger charge is 2.21. The number of nitrogens with one attached hydrogen (secondary N) is 1. The third-order valence-corrected chi connectivity index (χ3v) is 6.25. The van der Waals surface area contributed by atoms with Crippen molar-refractivity contribution < 1.29 is 4.74 Å². The highest BCUT2D eigenvalue weighted by molar-refractivity contribution is 7.99. The number of benzene rings is 1. The Hall–Kier alpha value is -1.18. The van der Waals surface area contributed by atoms with E-state index in [0.29, 0.717) is 6.04 Å². The highest BCUT2D eigenvalue weighted by Crippen LogP contribution is 2.28. The van der Waals surface area contributed by atoms with Crippen molar-refractivity contribution in [2.75, 3.05) is 18.5 Å². The van der Waals surface area contributed by atoms with Crippen molar-refractivity contribution in [3.05, 3.63) is 29.8 Å². The van der Waals surface area contributed by atoms with Crippen molar-refractivity contribution >= 4 is 17.4 Å². The molecule has 1 saturated carbocycles. The molecule has 23 heavy (non-hydrogen) atoms. The minimum atomic E-state index is 0.230. The van der Waals surface area contributed by atoms with Gasteiger partial charge in [0.2, 0.25) is 0 Å². The van der Waals surface area contributed by atoms with Crippen LogP contribution in [-0.4, -0.2) is 24.5 Å². The van der Waals surface area contributed by atoms with Crippen LogP contribution in [0.2, 0.25) is 0 Å². The van der Waals surface area contributed by atoms with E-state index in [0.717, 1.165) is 43.5 Å². The second-order valence-corrected chi connectivity index (χ2v) is 7.95. The van der Waals surface area contributed by atoms with Crippen LogP contribution in [-0.2, 0) is 10.5 Å². The molecule has 2 aliphatic rings. The number of rotatable bonds is 5. The van der Waals surface area contributed by atoms with Crippen LogP contribution in [0.5, 0.6) is 0 Å². The molecule has 3 nitrogen and oxygen atoms in total. The van der Waals surface area contributed by atoms with Crippen molar-refractivity contribution in [1.82, 2.24) is 0 Å². The molecule has 4 heteroatoms. The number of ether oxygens (including phenoxy) is 1. The molecule has 1 aromatic rings. The van der Waals surface area contributed by atoms with Crippen molar-refractivity contribution in [3.8, 4) is 6.07 Å². The molecule has 3 rings (SSSR count). The first kappa shape index (κ1) is 16.7. The van der Waals surface area contributed by atoms with Gasteiger partial charge in [-0.15, -0.1) is 0 Å². The maximum atomic E-state index is 9.12. The molecule has 2 fully saturated rings. The quantitative estimate of drug-likeness (QED) is 0.857. The maximum absolute atomic E-state index is 9.12. The molecule has 1 aromatic carbocycles. The Kier molecular flexibility index (Phi) is 6.24. The summed E-state index contributed by atoms with van der Waals surface area (Å²) < 4.78 is 5.43. The summed E-state index contributed by atoms with van der Waals surface area (Å²) in [5, 5.41) is 13.5. The zero-order chi connectivity index (χ0) is 15.9. The molecular formula is C19H26N2OS. The second kappa shape index (κ2) is 8.61. The average Bonchev–Trinajstić information content (AvgIpc) is 2.61. The van der Waals surface area contributed by atoms with Crippen LogP contribution < -0.4 is 5.32 Å². The predicted octanol–water partition coefficient (Wildman–Crippen LogP) is 4.59. The van der Waals surface area contributed by atoms with Gasteiger partial charge in [0.15, 0.2) is 0 Å². The molecule has 1 aliphatic carbocycles. The van der Waals surface area contributed by atoms with E-state index >= 15 is 0 Å². The minimum absolute atomic E-state index is 0.230. The van der Waals surface area contributed by atoms with Gasteiger partial charge in [0.1, 0.15) is 0 Å². The Morgan fingerprint density at radius 3 is 2.91 bits per heavy atom. The second-order valence-electron chi connectivity index (χ2n) is 6.66. The van der Waals surface area contributed by atoms with Gasteiger partial charge in [-0.05, 0) is 49.8 Å². The maximum Gasteiger partial charge on any atom is 0.0656 e. The molecule has 1 heterocycles. The normalized spacial score (nSPS) is 25.7. The van der Waals surface area contributed by atoms with Gasteiger partial charge in [-0.25, -0.2) is 0 Å². The Morgan fingerprint density at radius 2 is 2.09 bits per heavy atom. The van der Waals surface area contributed by atoms with Crippen LogP contribution in [0.1, 0.15) is 44.1 Å². The van der Waals surface area contributed by atoms with Crippen LogP contribution in [0.4, 0.5) is 5.69 Å². The van der Waals surface area contributed by atoms with E-state index in [2.05, 4.69) is 47.4 Å². The van der Waals surface area contributed by atoms with E-state index in [4.69, 9.17) is 10.00 Å². The molecule has 1 saturated heterocycles. The van der Waals surface area contributed by atoms with Crippen molar-refractivity contribution in [2.24, 2.45) is 5.92 Å². The fourth-order valence-corrected chi connectivity index (χ4v) is 4.61. The first-order chi connectivity index (χ1) is 11.3. The van der Waals surface area contributed by atoms with Crippen LogP contribution in [0.15, 0.2) is 24.3 Å². The summed E-state index contributed by atoms with van der Waals surface area (Å²) >= 11 is 2.06. The lowest BCUT2D eigenvalue weighted by Crippen LogP contribution is -2.26. The zero-order valence-corrected chi connectivity index (χ0v) is 14.5. The first-order valence-corrected chi connectivity index (χ1v) is 9.83. The zero-order valence-electron chi connectivity index (χ0n) is 13.7. The molecule has 1 N–H and O–H groups in total. The first-order valence-electron chi connectivity index (χ1n) is 8.78. The SMILES string of the molecule is N#C[C@@H]1CCC[C@H](Nc2cccc(CSC3CCOCC3)c2)C1. The summed E-state index contributed by atoms with van der Waals surface area (Å²) in [7, 11) is 0. The fraction of sp³-hybridized carbons (Fsp3) is 0.632. The molecule has 0 amide bonds. The van der Waals surface area contributed by atoms with Crippen LogP contribution >= 0.6 is 11.8 Å². The van der Waals surface area contributed by atoms with Gasteiger partial charge in [0, 0.05) is 41.9 Å². The summed E-state index contributed by atoms with van der Waals surface area (Å²) in [4.78, 5) is 0. The number of thioether (sulfide) groups is 1. The van der Waals surface area contributed by atoms with Crippen LogP contribution in [0, 0.1) is 17.2 Å². The van der Waals surface area contributed by atoms with Gasteiger partial charge < -0.3 is 10.1 Å². The highest BCUT2D eigenvalue weighted by atomic mass is 32.2. The van der Waals surface area contributed by atoms with E-state index in [1.807, 2.05) is 0 Å². The predicted molar refractivity (Wildman–Crippen MR) is 96.6 cm³/mol. The van der Waals surface area contributed by atoms with E-state index < -0.39 is 0 Å². The van der Waals surface area contributed by atoms with Gasteiger partial charge in [-0.3, -0.25) is 0 Å². The van der Waals surface area contributed by atoms with E-state index in [-0.39, 0.29) is 5.92 Å².